The van der Waals surface area contributed by atoms with E-state index in [9.17, 15) is 0 Å². The summed E-state index contributed by atoms with van der Waals surface area (Å²) in [7, 11) is 1.98. The van der Waals surface area contributed by atoms with Gasteiger partial charge in [-0.15, -0.1) is 0 Å². The van der Waals surface area contributed by atoms with E-state index in [1.165, 1.54) is 11.4 Å². The Kier molecular flexibility index (Phi) is 4.17. The first kappa shape index (κ1) is 11.7. The van der Waals surface area contributed by atoms with E-state index in [2.05, 4.69) is 58.7 Å². The molecule has 2 nitrogen and oxygen atoms in total. The van der Waals surface area contributed by atoms with Crippen LogP contribution in [0.15, 0.2) is 60.7 Å². The molecule has 2 aromatic carbocycles. The lowest BCUT2D eigenvalue weighted by Crippen LogP contribution is -2.26. The summed E-state index contributed by atoms with van der Waals surface area (Å²) >= 11 is 0. The van der Waals surface area contributed by atoms with Gasteiger partial charge >= 0.3 is 0 Å². The average Bonchev–Trinajstić information content (AvgIpc) is 2.42. The van der Waals surface area contributed by atoms with Gasteiger partial charge in [0, 0.05) is 24.5 Å². The van der Waals surface area contributed by atoms with Crippen molar-refractivity contribution in [3.05, 3.63) is 60.7 Å². The van der Waals surface area contributed by atoms with Gasteiger partial charge in [-0.25, -0.2) is 0 Å². The van der Waals surface area contributed by atoms with Crippen molar-refractivity contribution in [2.75, 3.05) is 25.0 Å². The van der Waals surface area contributed by atoms with Crippen molar-refractivity contribution < 1.29 is 0 Å². The van der Waals surface area contributed by atoms with E-state index in [4.69, 9.17) is 0 Å². The van der Waals surface area contributed by atoms with E-state index >= 15 is 0 Å². The maximum Gasteiger partial charge on any atom is 0.0411 e. The number of nitrogens with one attached hydrogen (secondary N) is 1. The van der Waals surface area contributed by atoms with Crippen molar-refractivity contribution in [3.63, 3.8) is 0 Å². The number of benzene rings is 2. The molecule has 0 aliphatic rings. The van der Waals surface area contributed by atoms with E-state index in [0.29, 0.717) is 0 Å². The molecular formula is C15H18N2. The maximum absolute atomic E-state index is 3.20. The van der Waals surface area contributed by atoms with E-state index in [1.807, 2.05) is 19.2 Å². The fourth-order valence-electron chi connectivity index (χ4n) is 1.85. The Balaban J connectivity index is 2.26. The third kappa shape index (κ3) is 3.08. The molecule has 0 heterocycles. The summed E-state index contributed by atoms with van der Waals surface area (Å²) in [5, 5.41) is 3.20. The van der Waals surface area contributed by atoms with Crippen molar-refractivity contribution in [2.45, 2.75) is 0 Å². The Hall–Kier alpha value is -1.80. The van der Waals surface area contributed by atoms with Gasteiger partial charge in [0.1, 0.15) is 0 Å². The minimum absolute atomic E-state index is 0.962. The minimum Gasteiger partial charge on any atom is -0.340 e. The standard InChI is InChI=1S/C15H18N2/c1-16-12-13-17(14-8-4-2-5-9-14)15-10-6-3-7-11-15/h2-11,16H,12-13H2,1H3. The number of para-hydroxylation sites is 2. The normalized spacial score (nSPS) is 10.2. The lowest BCUT2D eigenvalue weighted by atomic mass is 10.2. The van der Waals surface area contributed by atoms with Gasteiger partial charge in [0.2, 0.25) is 0 Å². The van der Waals surface area contributed by atoms with Gasteiger partial charge in [-0.05, 0) is 31.3 Å². The van der Waals surface area contributed by atoms with E-state index in [1.54, 1.807) is 0 Å². The second-order valence-corrected chi connectivity index (χ2v) is 3.93. The fourth-order valence-corrected chi connectivity index (χ4v) is 1.85. The summed E-state index contributed by atoms with van der Waals surface area (Å²) in [5.41, 5.74) is 2.46. The van der Waals surface area contributed by atoms with Gasteiger partial charge in [0.05, 0.1) is 0 Å². The molecule has 0 bridgehead atoms. The minimum atomic E-state index is 0.962. The first-order valence-corrected chi connectivity index (χ1v) is 5.94. The molecule has 17 heavy (non-hydrogen) atoms. The van der Waals surface area contributed by atoms with Crippen molar-refractivity contribution in [1.29, 1.82) is 0 Å². The zero-order valence-corrected chi connectivity index (χ0v) is 10.1. The summed E-state index contributed by atoms with van der Waals surface area (Å²) in [6, 6.07) is 21.0. The predicted octanol–water partition coefficient (Wildman–Crippen LogP) is 3.04. The van der Waals surface area contributed by atoms with Crippen molar-refractivity contribution in [1.82, 2.24) is 5.32 Å². The predicted molar refractivity (Wildman–Crippen MR) is 73.8 cm³/mol. The van der Waals surface area contributed by atoms with Crippen LogP contribution in [-0.2, 0) is 0 Å². The maximum atomic E-state index is 3.20. The molecule has 0 saturated carbocycles. The molecule has 0 atom stereocenters. The summed E-state index contributed by atoms with van der Waals surface area (Å²) in [5.74, 6) is 0. The first-order chi connectivity index (χ1) is 8.42. The summed E-state index contributed by atoms with van der Waals surface area (Å²) in [6.45, 7) is 1.92. The van der Waals surface area contributed by atoms with Crippen LogP contribution in [0.25, 0.3) is 0 Å². The summed E-state index contributed by atoms with van der Waals surface area (Å²) < 4.78 is 0. The molecule has 0 aliphatic carbocycles. The molecule has 1 N–H and O–H groups in total. The largest absolute Gasteiger partial charge is 0.340 e. The average molecular weight is 226 g/mol. The second kappa shape index (κ2) is 6.06. The number of hydrogen-bond donors (Lipinski definition) is 1. The van der Waals surface area contributed by atoms with E-state index in [-0.39, 0.29) is 0 Å². The van der Waals surface area contributed by atoms with Crippen LogP contribution in [0, 0.1) is 0 Å². The summed E-state index contributed by atoms with van der Waals surface area (Å²) in [4.78, 5) is 2.32. The molecule has 0 unspecified atom stereocenters. The van der Waals surface area contributed by atoms with Gasteiger partial charge in [-0.2, -0.15) is 0 Å². The number of likely N-dealkylation sites (N-methyl/N-ethyl adjacent to an activating group) is 1. The van der Waals surface area contributed by atoms with Gasteiger partial charge in [-0.3, -0.25) is 0 Å². The van der Waals surface area contributed by atoms with Crippen molar-refractivity contribution >= 4 is 11.4 Å². The molecular weight excluding hydrogens is 208 g/mol. The molecule has 0 radical (unpaired) electrons. The molecule has 2 heteroatoms. The lowest BCUT2D eigenvalue weighted by molar-refractivity contribution is 0.784. The third-order valence-corrected chi connectivity index (χ3v) is 2.72. The topological polar surface area (TPSA) is 15.3 Å². The van der Waals surface area contributed by atoms with Crippen LogP contribution in [0.5, 0.6) is 0 Å². The Morgan fingerprint density at radius 2 is 1.29 bits per heavy atom. The third-order valence-electron chi connectivity index (χ3n) is 2.72. The van der Waals surface area contributed by atoms with Crippen LogP contribution < -0.4 is 10.2 Å². The Morgan fingerprint density at radius 3 is 1.71 bits per heavy atom. The molecule has 2 aromatic rings. The number of nitrogens with zero attached hydrogens (tertiary/aromatic N) is 1. The fraction of sp³-hybridized carbons (Fsp3) is 0.200. The quantitative estimate of drug-likeness (QED) is 0.843. The van der Waals surface area contributed by atoms with E-state index < -0.39 is 0 Å². The summed E-state index contributed by atoms with van der Waals surface area (Å²) in [6.07, 6.45) is 0. The monoisotopic (exact) mass is 226 g/mol. The molecule has 88 valence electrons. The molecule has 0 amide bonds. The van der Waals surface area contributed by atoms with Crippen LogP contribution in [0.4, 0.5) is 11.4 Å². The highest BCUT2D eigenvalue weighted by molar-refractivity contribution is 5.62. The molecule has 0 aliphatic heterocycles. The highest BCUT2D eigenvalue weighted by Crippen LogP contribution is 2.23. The Labute approximate surface area is 103 Å². The SMILES string of the molecule is CNCCN(c1ccccc1)c1ccccc1. The zero-order valence-electron chi connectivity index (χ0n) is 10.1. The Bertz CT molecular complexity index is 386. The smallest absolute Gasteiger partial charge is 0.0411 e. The number of hydrogen-bond acceptors (Lipinski definition) is 2. The highest BCUT2D eigenvalue weighted by atomic mass is 15.1. The van der Waals surface area contributed by atoms with Gasteiger partial charge in [0.15, 0.2) is 0 Å². The van der Waals surface area contributed by atoms with Crippen LogP contribution in [-0.4, -0.2) is 20.1 Å². The first-order valence-electron chi connectivity index (χ1n) is 5.94. The van der Waals surface area contributed by atoms with Crippen LogP contribution in [0.3, 0.4) is 0 Å². The van der Waals surface area contributed by atoms with Crippen molar-refractivity contribution in [3.8, 4) is 0 Å². The number of rotatable bonds is 5. The van der Waals surface area contributed by atoms with Gasteiger partial charge in [-0.1, -0.05) is 36.4 Å². The van der Waals surface area contributed by atoms with E-state index in [0.717, 1.165) is 13.1 Å². The Morgan fingerprint density at radius 1 is 0.824 bits per heavy atom. The van der Waals surface area contributed by atoms with Crippen LogP contribution in [0.1, 0.15) is 0 Å². The highest BCUT2D eigenvalue weighted by Gasteiger charge is 2.06. The van der Waals surface area contributed by atoms with Crippen LogP contribution in [0.2, 0.25) is 0 Å². The zero-order chi connectivity index (χ0) is 11.9. The van der Waals surface area contributed by atoms with Crippen molar-refractivity contribution in [2.24, 2.45) is 0 Å². The molecule has 0 aromatic heterocycles. The van der Waals surface area contributed by atoms with Gasteiger partial charge < -0.3 is 10.2 Å². The lowest BCUT2D eigenvalue weighted by Gasteiger charge is -2.24. The molecule has 0 fully saturated rings. The van der Waals surface area contributed by atoms with Crippen LogP contribution >= 0.6 is 0 Å². The number of anilines is 2. The van der Waals surface area contributed by atoms with Gasteiger partial charge in [0.25, 0.3) is 0 Å². The molecule has 2 rings (SSSR count). The second-order valence-electron chi connectivity index (χ2n) is 3.93. The molecule has 0 saturated heterocycles. The molecule has 0 spiro atoms.